The van der Waals surface area contributed by atoms with Crippen molar-refractivity contribution in [1.82, 2.24) is 24.1 Å². The predicted molar refractivity (Wildman–Crippen MR) is 131 cm³/mol. The van der Waals surface area contributed by atoms with Crippen LogP contribution in [0.5, 0.6) is 11.5 Å². The van der Waals surface area contributed by atoms with Crippen LogP contribution in [0.4, 0.5) is 5.95 Å². The zero-order valence-electron chi connectivity index (χ0n) is 19.6. The van der Waals surface area contributed by atoms with Gasteiger partial charge in [-0.25, -0.2) is 10.2 Å². The van der Waals surface area contributed by atoms with Crippen LogP contribution in [0.3, 0.4) is 0 Å². The van der Waals surface area contributed by atoms with Crippen LogP contribution >= 0.6 is 0 Å². The monoisotopic (exact) mass is 495 g/mol. The number of phenolic OH excluding ortho intramolecular Hbond substituents is 2. The molecule has 0 unspecified atom stereocenters. The number of rotatable bonds is 9. The van der Waals surface area contributed by atoms with E-state index in [0.717, 1.165) is 10.6 Å². The van der Waals surface area contributed by atoms with Gasteiger partial charge in [0, 0.05) is 38.7 Å². The number of nitrogens with one attached hydrogen (secondary N) is 2. The molecule has 3 aromatic heterocycles. The van der Waals surface area contributed by atoms with Crippen molar-refractivity contribution in [2.45, 2.75) is 25.9 Å². The summed E-state index contributed by atoms with van der Waals surface area (Å²) in [6.07, 6.45) is 3.24. The lowest BCUT2D eigenvalue weighted by atomic mass is 10.2. The number of fused-ring (bicyclic) bond motifs is 1. The second kappa shape index (κ2) is 10.2. The first kappa shape index (κ1) is 24.3. The summed E-state index contributed by atoms with van der Waals surface area (Å²) in [5.41, 5.74) is 2.19. The smallest absolute Gasteiger partial charge is 0.332 e. The third kappa shape index (κ3) is 4.99. The third-order valence-corrected chi connectivity index (χ3v) is 5.54. The Balaban J connectivity index is 1.49. The zero-order chi connectivity index (χ0) is 25.8. The Kier molecular flexibility index (Phi) is 6.90. The molecule has 0 bridgehead atoms. The lowest BCUT2D eigenvalue weighted by molar-refractivity contribution is -0.121. The maximum Gasteiger partial charge on any atom is 0.332 e. The number of hydrazone groups is 1. The average molecular weight is 495 g/mol. The van der Waals surface area contributed by atoms with Crippen LogP contribution in [-0.4, -0.2) is 41.0 Å². The van der Waals surface area contributed by atoms with Gasteiger partial charge in [0.25, 0.3) is 5.56 Å². The van der Waals surface area contributed by atoms with E-state index in [1.807, 2.05) is 0 Å². The second-order valence-corrected chi connectivity index (χ2v) is 8.04. The Bertz CT molecular complexity index is 1550. The maximum absolute atomic E-state index is 12.9. The van der Waals surface area contributed by atoms with Crippen LogP contribution in [0.2, 0.25) is 0 Å². The quantitative estimate of drug-likeness (QED) is 0.197. The minimum Gasteiger partial charge on any atom is -0.508 e. The molecule has 1 amide bonds. The maximum atomic E-state index is 12.9. The van der Waals surface area contributed by atoms with E-state index in [4.69, 9.17) is 4.42 Å². The van der Waals surface area contributed by atoms with E-state index < -0.39 is 11.2 Å². The largest absolute Gasteiger partial charge is 0.508 e. The number of phenols is 2. The fourth-order valence-corrected chi connectivity index (χ4v) is 3.65. The van der Waals surface area contributed by atoms with Crippen LogP contribution in [0, 0.1) is 0 Å². The van der Waals surface area contributed by atoms with Gasteiger partial charge in [-0.15, -0.1) is 0 Å². The second-order valence-electron chi connectivity index (χ2n) is 8.04. The minimum absolute atomic E-state index is 0.0856. The highest BCUT2D eigenvalue weighted by Crippen LogP contribution is 2.21. The molecule has 0 fully saturated rings. The molecule has 0 aliphatic carbocycles. The van der Waals surface area contributed by atoms with E-state index in [1.165, 1.54) is 37.0 Å². The predicted octanol–water partition coefficient (Wildman–Crippen LogP) is 0.980. The van der Waals surface area contributed by atoms with Crippen molar-refractivity contribution in [3.8, 4) is 11.5 Å². The zero-order valence-corrected chi connectivity index (χ0v) is 19.6. The number of amides is 1. The van der Waals surface area contributed by atoms with Crippen molar-refractivity contribution < 1.29 is 19.4 Å². The van der Waals surface area contributed by atoms with Crippen molar-refractivity contribution in [3.63, 3.8) is 0 Å². The number of carbonyl (C=O) groups excluding carboxylic acids is 1. The van der Waals surface area contributed by atoms with E-state index in [2.05, 4.69) is 20.8 Å². The van der Waals surface area contributed by atoms with E-state index >= 15 is 0 Å². The molecule has 4 rings (SSSR count). The Hall–Kier alpha value is -4.81. The van der Waals surface area contributed by atoms with Gasteiger partial charge in [0.15, 0.2) is 11.2 Å². The molecule has 1 aromatic carbocycles. The van der Waals surface area contributed by atoms with E-state index in [0.29, 0.717) is 30.2 Å². The van der Waals surface area contributed by atoms with E-state index in [-0.39, 0.29) is 41.5 Å². The average Bonchev–Trinajstić information content (AvgIpc) is 3.49. The first-order chi connectivity index (χ1) is 17.3. The molecule has 0 saturated carbocycles. The topological polar surface area (TPSA) is 169 Å². The van der Waals surface area contributed by atoms with Gasteiger partial charge in [0.05, 0.1) is 19.0 Å². The third-order valence-electron chi connectivity index (χ3n) is 5.54. The molecule has 0 atom stereocenters. The van der Waals surface area contributed by atoms with Gasteiger partial charge in [0.1, 0.15) is 17.3 Å². The van der Waals surface area contributed by atoms with Crippen LogP contribution in [-0.2, 0) is 32.0 Å². The molecule has 0 aliphatic rings. The van der Waals surface area contributed by atoms with Crippen LogP contribution < -0.4 is 22.0 Å². The summed E-state index contributed by atoms with van der Waals surface area (Å²) in [5, 5.41) is 26.0. The summed E-state index contributed by atoms with van der Waals surface area (Å²) < 4.78 is 9.29. The van der Waals surface area contributed by atoms with Gasteiger partial charge in [-0.1, -0.05) is 0 Å². The minimum atomic E-state index is -0.494. The van der Waals surface area contributed by atoms with Crippen molar-refractivity contribution in [2.24, 2.45) is 19.2 Å². The van der Waals surface area contributed by atoms with Gasteiger partial charge < -0.3 is 24.5 Å². The number of imidazole rings is 1. The number of aryl methyl sites for hydroxylation is 2. The highest BCUT2D eigenvalue weighted by atomic mass is 16.3. The number of hydrogen-bond acceptors (Lipinski definition) is 9. The summed E-state index contributed by atoms with van der Waals surface area (Å²) in [6.45, 7) is 0.574. The van der Waals surface area contributed by atoms with Crippen molar-refractivity contribution in [2.75, 3.05) is 5.32 Å². The molecule has 0 radical (unpaired) electrons. The Labute approximate surface area is 203 Å². The van der Waals surface area contributed by atoms with E-state index in [1.54, 1.807) is 23.0 Å². The molecule has 0 saturated heterocycles. The molecular weight excluding hydrogens is 470 g/mol. The standard InChI is InChI=1S/C23H25N7O6/c1-28-20-19(21(34)29(2)23(28)35)30(22(26-20)24-13-16-5-4-10-36-16)9-3-6-18(33)27-25-12-14-7-8-15(31)11-17(14)32/h4-5,7-8,10-12,31-32H,3,6,9,13H2,1-2H3,(H,24,26)(H,27,33)/b25-12+. The highest BCUT2D eigenvalue weighted by molar-refractivity contribution is 5.85. The summed E-state index contributed by atoms with van der Waals surface area (Å²) in [7, 11) is 2.93. The number of aromatic nitrogens is 4. The molecule has 4 aromatic rings. The van der Waals surface area contributed by atoms with Crippen LogP contribution in [0.1, 0.15) is 24.2 Å². The van der Waals surface area contributed by atoms with Crippen molar-refractivity contribution >= 4 is 29.2 Å². The number of furan rings is 1. The molecule has 4 N–H and O–H groups in total. The molecule has 0 spiro atoms. The number of hydrogen-bond donors (Lipinski definition) is 4. The number of carbonyl (C=O) groups is 1. The van der Waals surface area contributed by atoms with Gasteiger partial charge in [-0.3, -0.25) is 18.7 Å². The van der Waals surface area contributed by atoms with Gasteiger partial charge in [-0.2, -0.15) is 10.1 Å². The van der Waals surface area contributed by atoms with Crippen molar-refractivity contribution in [3.05, 3.63) is 68.8 Å². The Morgan fingerprint density at radius 2 is 2.00 bits per heavy atom. The first-order valence-corrected chi connectivity index (χ1v) is 11.0. The normalized spacial score (nSPS) is 11.4. The molecule has 3 heterocycles. The highest BCUT2D eigenvalue weighted by Gasteiger charge is 2.19. The van der Waals surface area contributed by atoms with Gasteiger partial charge in [-0.05, 0) is 30.7 Å². The fraction of sp³-hybridized carbons (Fsp3) is 0.261. The molecule has 13 nitrogen and oxygen atoms in total. The summed E-state index contributed by atoms with van der Waals surface area (Å²) >= 11 is 0. The first-order valence-electron chi connectivity index (χ1n) is 11.0. The molecule has 36 heavy (non-hydrogen) atoms. The SMILES string of the molecule is Cn1c(=O)c2c(nc(NCc3ccco3)n2CCCC(=O)N/N=C/c2ccc(O)cc2O)n(C)c1=O. The van der Waals surface area contributed by atoms with Crippen LogP contribution in [0.25, 0.3) is 11.2 Å². The van der Waals surface area contributed by atoms with Gasteiger partial charge in [0.2, 0.25) is 11.9 Å². The van der Waals surface area contributed by atoms with Crippen molar-refractivity contribution in [1.29, 1.82) is 0 Å². The van der Waals surface area contributed by atoms with Crippen LogP contribution in [0.15, 0.2) is 55.7 Å². The molecule has 0 aliphatic heterocycles. The number of aromatic hydroxyl groups is 2. The molecule has 13 heteroatoms. The fourth-order valence-electron chi connectivity index (χ4n) is 3.65. The molecular formula is C23H25N7O6. The molecule has 188 valence electrons. The summed E-state index contributed by atoms with van der Waals surface area (Å²) in [6, 6.07) is 7.54. The lowest BCUT2D eigenvalue weighted by Gasteiger charge is -2.10. The summed E-state index contributed by atoms with van der Waals surface area (Å²) in [5.74, 6) is 0.381. The Morgan fingerprint density at radius 1 is 1.19 bits per heavy atom. The summed E-state index contributed by atoms with van der Waals surface area (Å²) in [4.78, 5) is 42.0. The number of nitrogens with zero attached hydrogens (tertiary/aromatic N) is 5. The van der Waals surface area contributed by atoms with Gasteiger partial charge >= 0.3 is 5.69 Å². The lowest BCUT2D eigenvalue weighted by Crippen LogP contribution is -2.37. The number of benzene rings is 1. The van der Waals surface area contributed by atoms with E-state index in [9.17, 15) is 24.6 Å². The number of anilines is 1. The Morgan fingerprint density at radius 3 is 2.72 bits per heavy atom.